The van der Waals surface area contributed by atoms with E-state index in [2.05, 4.69) is 16.1 Å². The van der Waals surface area contributed by atoms with Crippen molar-refractivity contribution in [3.63, 3.8) is 0 Å². The Bertz CT molecular complexity index is 393. The summed E-state index contributed by atoms with van der Waals surface area (Å²) in [4.78, 5) is 40.3. The Morgan fingerprint density at radius 1 is 1.05 bits per heavy atom. The van der Waals surface area contributed by atoms with E-state index in [0.717, 1.165) is 6.08 Å². The third-order valence-corrected chi connectivity index (χ3v) is 1.40. The average Bonchev–Trinajstić information content (AvgIpc) is 2.34. The summed E-state index contributed by atoms with van der Waals surface area (Å²) in [6.45, 7) is 3.21. The molecule has 0 amide bonds. The molecule has 8 nitrogen and oxygen atoms in total. The summed E-state index contributed by atoms with van der Waals surface area (Å²) in [5, 5.41) is 16.1. The van der Waals surface area contributed by atoms with Gasteiger partial charge in [-0.25, -0.2) is 14.4 Å². The summed E-state index contributed by atoms with van der Waals surface area (Å²) in [6, 6.07) is 0. The largest absolute Gasteiger partial charge is 0.481 e. The molecule has 2 N–H and O–H groups in total. The lowest BCUT2D eigenvalue weighted by Crippen LogP contribution is -2.07. The maximum absolute atomic E-state index is 10.5. The van der Waals surface area contributed by atoms with Crippen molar-refractivity contribution in [2.24, 2.45) is 0 Å². The van der Waals surface area contributed by atoms with Crippen LogP contribution in [0.25, 0.3) is 0 Å². The highest BCUT2D eigenvalue weighted by molar-refractivity contribution is 5.92. The van der Waals surface area contributed by atoms with E-state index in [4.69, 9.17) is 10.2 Å². The highest BCUT2D eigenvalue weighted by atomic mass is 16.5. The lowest BCUT2D eigenvalue weighted by Gasteiger charge is -1.97. The normalized spacial score (nSPS) is 8.95. The molecule has 0 aromatic rings. The Kier molecular flexibility index (Phi) is 10.4. The number of aliphatic carboxylic acids is 2. The molecule has 0 aliphatic carbocycles. The number of esters is 2. The van der Waals surface area contributed by atoms with E-state index in [-0.39, 0.29) is 12.0 Å². The number of rotatable bonds is 5. The third kappa shape index (κ3) is 13.3. The summed E-state index contributed by atoms with van der Waals surface area (Å²) >= 11 is 0. The second-order valence-corrected chi connectivity index (χ2v) is 2.86. The SMILES string of the molecule is C=C(CC(=O)O)C(=O)OC.COC(=O)/C=C/C(=O)O. The molecule has 0 aliphatic heterocycles. The first kappa shape index (κ1) is 18.7. The molecule has 0 bridgehead atoms. The van der Waals surface area contributed by atoms with Crippen LogP contribution in [-0.4, -0.2) is 48.3 Å². The Balaban J connectivity index is 0. The van der Waals surface area contributed by atoms with Crippen molar-refractivity contribution < 1.29 is 38.9 Å². The predicted octanol–water partition coefficient (Wildman–Crippen LogP) is -0.00950. The van der Waals surface area contributed by atoms with Gasteiger partial charge in [0.15, 0.2) is 0 Å². The van der Waals surface area contributed by atoms with Gasteiger partial charge in [0.05, 0.1) is 20.6 Å². The monoisotopic (exact) mass is 274 g/mol. The highest BCUT2D eigenvalue weighted by Crippen LogP contribution is 1.98. The van der Waals surface area contributed by atoms with Crippen LogP contribution in [0.4, 0.5) is 0 Å². The van der Waals surface area contributed by atoms with Gasteiger partial charge >= 0.3 is 23.9 Å². The number of ether oxygens (including phenoxy) is 2. The molecule has 0 aliphatic rings. The molecule has 0 atom stereocenters. The Hall–Kier alpha value is -2.64. The van der Waals surface area contributed by atoms with Crippen LogP contribution < -0.4 is 0 Å². The highest BCUT2D eigenvalue weighted by Gasteiger charge is 2.09. The molecular formula is C11H14O8. The Morgan fingerprint density at radius 2 is 1.58 bits per heavy atom. The van der Waals surface area contributed by atoms with Gasteiger partial charge in [0, 0.05) is 17.7 Å². The summed E-state index contributed by atoms with van der Waals surface area (Å²) in [5.41, 5.74) is -0.0463. The quantitative estimate of drug-likeness (QED) is 0.529. The van der Waals surface area contributed by atoms with Crippen LogP contribution in [0.5, 0.6) is 0 Å². The minimum atomic E-state index is -1.17. The van der Waals surface area contributed by atoms with Crippen molar-refractivity contribution in [1.29, 1.82) is 0 Å². The standard InChI is InChI=1S/C6H8O4.C5H6O4/c1-4(3-5(7)8)6(9)10-2;1-9-5(8)3-2-4(6)7/h1,3H2,2H3,(H,7,8);2-3H,1H3,(H,6,7)/b;3-2+. The van der Waals surface area contributed by atoms with Gasteiger partial charge in [-0.2, -0.15) is 0 Å². The molecule has 0 fully saturated rings. The fourth-order valence-electron chi connectivity index (χ4n) is 0.606. The third-order valence-electron chi connectivity index (χ3n) is 1.40. The van der Waals surface area contributed by atoms with Gasteiger partial charge in [0.25, 0.3) is 0 Å². The molecule has 0 unspecified atom stereocenters. The fourth-order valence-corrected chi connectivity index (χ4v) is 0.606. The molecule has 0 aromatic carbocycles. The van der Waals surface area contributed by atoms with Crippen LogP contribution in [-0.2, 0) is 28.7 Å². The molecular weight excluding hydrogens is 260 g/mol. The van der Waals surface area contributed by atoms with Gasteiger partial charge in [-0.15, -0.1) is 0 Å². The first-order valence-electron chi connectivity index (χ1n) is 4.71. The van der Waals surface area contributed by atoms with Gasteiger partial charge in [-0.05, 0) is 0 Å². The van der Waals surface area contributed by atoms with Crippen LogP contribution in [0, 0.1) is 0 Å². The van der Waals surface area contributed by atoms with Crippen LogP contribution in [0.3, 0.4) is 0 Å². The topological polar surface area (TPSA) is 127 Å². The van der Waals surface area contributed by atoms with Gasteiger partial charge in [-0.3, -0.25) is 4.79 Å². The number of hydrogen-bond acceptors (Lipinski definition) is 6. The Morgan fingerprint density at radius 3 is 1.89 bits per heavy atom. The van der Waals surface area contributed by atoms with Crippen molar-refractivity contribution in [1.82, 2.24) is 0 Å². The smallest absolute Gasteiger partial charge is 0.333 e. The van der Waals surface area contributed by atoms with E-state index < -0.39 is 23.9 Å². The predicted molar refractivity (Wildman–Crippen MR) is 62.2 cm³/mol. The van der Waals surface area contributed by atoms with Crippen LogP contribution >= 0.6 is 0 Å². The molecule has 0 spiro atoms. The van der Waals surface area contributed by atoms with Crippen molar-refractivity contribution in [2.75, 3.05) is 14.2 Å². The Labute approximate surface area is 108 Å². The molecule has 0 aromatic heterocycles. The summed E-state index contributed by atoms with van der Waals surface area (Å²) in [5.74, 6) is -3.60. The molecule has 8 heteroatoms. The van der Waals surface area contributed by atoms with Crippen LogP contribution in [0.1, 0.15) is 6.42 Å². The van der Waals surface area contributed by atoms with E-state index >= 15 is 0 Å². The molecule has 0 radical (unpaired) electrons. The lowest BCUT2D eigenvalue weighted by atomic mass is 10.2. The number of methoxy groups -OCH3 is 2. The maximum Gasteiger partial charge on any atom is 0.333 e. The maximum atomic E-state index is 10.5. The van der Waals surface area contributed by atoms with Crippen LogP contribution in [0.15, 0.2) is 24.3 Å². The number of carbonyl (C=O) groups excluding carboxylic acids is 2. The van der Waals surface area contributed by atoms with E-state index in [0.29, 0.717) is 6.08 Å². The van der Waals surface area contributed by atoms with Crippen molar-refractivity contribution in [3.8, 4) is 0 Å². The number of carboxylic acid groups (broad SMARTS) is 2. The number of hydrogen-bond donors (Lipinski definition) is 2. The summed E-state index contributed by atoms with van der Waals surface area (Å²) < 4.78 is 8.32. The first-order valence-corrected chi connectivity index (χ1v) is 4.71. The lowest BCUT2D eigenvalue weighted by molar-refractivity contribution is -0.141. The van der Waals surface area contributed by atoms with Gasteiger partial charge in [0.1, 0.15) is 0 Å². The molecule has 0 heterocycles. The van der Waals surface area contributed by atoms with Crippen molar-refractivity contribution >= 4 is 23.9 Å². The van der Waals surface area contributed by atoms with Crippen molar-refractivity contribution in [3.05, 3.63) is 24.3 Å². The minimum Gasteiger partial charge on any atom is -0.481 e. The molecule has 0 rings (SSSR count). The average molecular weight is 274 g/mol. The summed E-state index contributed by atoms with van der Waals surface area (Å²) in [7, 11) is 2.35. The fraction of sp³-hybridized carbons (Fsp3) is 0.273. The molecule has 0 saturated carbocycles. The second-order valence-electron chi connectivity index (χ2n) is 2.86. The summed E-state index contributed by atoms with van der Waals surface area (Å²) in [6.07, 6.45) is 1.18. The molecule has 106 valence electrons. The molecule has 19 heavy (non-hydrogen) atoms. The minimum absolute atomic E-state index is 0.0463. The van der Waals surface area contributed by atoms with Gasteiger partial charge in [0.2, 0.25) is 0 Å². The van der Waals surface area contributed by atoms with Crippen molar-refractivity contribution in [2.45, 2.75) is 6.42 Å². The number of carboxylic acids is 2. The first-order chi connectivity index (χ1) is 8.74. The van der Waals surface area contributed by atoms with E-state index in [1.807, 2.05) is 0 Å². The second kappa shape index (κ2) is 10.5. The zero-order chi connectivity index (χ0) is 15.4. The molecule has 0 saturated heterocycles. The number of carbonyl (C=O) groups is 4. The van der Waals surface area contributed by atoms with E-state index in [9.17, 15) is 19.2 Å². The van der Waals surface area contributed by atoms with E-state index in [1.165, 1.54) is 14.2 Å². The van der Waals surface area contributed by atoms with E-state index in [1.54, 1.807) is 0 Å². The zero-order valence-corrected chi connectivity index (χ0v) is 10.4. The van der Waals surface area contributed by atoms with Gasteiger partial charge in [-0.1, -0.05) is 6.58 Å². The van der Waals surface area contributed by atoms with Crippen LogP contribution in [0.2, 0.25) is 0 Å². The zero-order valence-electron chi connectivity index (χ0n) is 10.4. The van der Waals surface area contributed by atoms with Gasteiger partial charge < -0.3 is 19.7 Å².